The Bertz CT molecular complexity index is 653. The van der Waals surface area contributed by atoms with Crippen LogP contribution in [0.1, 0.15) is 79.6 Å². The average Bonchev–Trinajstić information content (AvgIpc) is 2.84. The van der Waals surface area contributed by atoms with Gasteiger partial charge in [0, 0.05) is 16.4 Å². The molecular weight excluding hydrogens is 553 g/mol. The van der Waals surface area contributed by atoms with E-state index < -0.39 is 6.17 Å². The number of hydrogen-bond acceptors (Lipinski definition) is 2. The molecule has 0 saturated heterocycles. The maximum atomic E-state index is 12.0. The van der Waals surface area contributed by atoms with E-state index >= 15 is 0 Å². The van der Waals surface area contributed by atoms with Gasteiger partial charge in [-0.3, -0.25) is 0 Å². The summed E-state index contributed by atoms with van der Waals surface area (Å²) in [6, 6.07) is 0. The molecule has 0 spiro atoms. The summed E-state index contributed by atoms with van der Waals surface area (Å²) in [6.07, 6.45) is 15.4. The predicted molar refractivity (Wildman–Crippen MR) is 165 cm³/mol. The lowest BCUT2D eigenvalue weighted by Gasteiger charge is -2.21. The lowest BCUT2D eigenvalue weighted by molar-refractivity contribution is 0.400. The van der Waals surface area contributed by atoms with Crippen LogP contribution in [0.25, 0.3) is 0 Å². The van der Waals surface area contributed by atoms with E-state index in [-0.39, 0.29) is 33.5 Å². The summed E-state index contributed by atoms with van der Waals surface area (Å²) in [5, 5.41) is 6.93. The van der Waals surface area contributed by atoms with Crippen molar-refractivity contribution in [2.75, 3.05) is 26.7 Å². The van der Waals surface area contributed by atoms with Crippen LogP contribution in [0.5, 0.6) is 0 Å². The van der Waals surface area contributed by atoms with Crippen LogP contribution < -0.4 is 10.6 Å². The summed E-state index contributed by atoms with van der Waals surface area (Å²) in [7, 11) is 2.07. The van der Waals surface area contributed by atoms with Crippen LogP contribution in [0.4, 0.5) is 8.78 Å². The van der Waals surface area contributed by atoms with Crippen molar-refractivity contribution in [3.8, 4) is 0 Å². The third-order valence-corrected chi connectivity index (χ3v) is 9.17. The van der Waals surface area contributed by atoms with Gasteiger partial charge in [0.05, 0.1) is 6.33 Å². The van der Waals surface area contributed by atoms with E-state index in [4.69, 9.17) is 0 Å². The number of nitrogens with one attached hydrogen (secondary N) is 2. The minimum absolute atomic E-state index is 0.117. The van der Waals surface area contributed by atoms with Crippen molar-refractivity contribution in [2.45, 2.75) is 89.7 Å². The molecule has 0 aromatic rings. The van der Waals surface area contributed by atoms with Crippen molar-refractivity contribution in [2.24, 2.45) is 5.92 Å². The largest absolute Gasteiger partial charge is 0.319 e. The maximum absolute atomic E-state index is 12.0. The van der Waals surface area contributed by atoms with E-state index in [1.165, 1.54) is 30.9 Å². The lowest BCUT2D eigenvalue weighted by atomic mass is 9.87. The molecule has 0 aliphatic heterocycles. The van der Waals surface area contributed by atoms with Crippen molar-refractivity contribution in [1.82, 2.24) is 10.6 Å². The molecule has 0 aromatic carbocycles. The van der Waals surface area contributed by atoms with Gasteiger partial charge in [-0.15, -0.1) is 33.9 Å². The smallest absolute Gasteiger partial charge is 0.124 e. The fourth-order valence-corrected chi connectivity index (χ4v) is 6.88. The summed E-state index contributed by atoms with van der Waals surface area (Å²) < 4.78 is 25.7. The SMILES string of the molecule is C=CC(CC(C)=I[C@H](CC)CNC)C(/C=C\CC)=C(/CC)CCNCCC.C=CCC(F)/C=C/F. The van der Waals surface area contributed by atoms with Gasteiger partial charge in [-0.2, -0.15) is 0 Å². The first-order valence-electron chi connectivity index (χ1n) is 13.2. The first-order chi connectivity index (χ1) is 16.9. The second-order valence-electron chi connectivity index (χ2n) is 8.48. The van der Waals surface area contributed by atoms with Gasteiger partial charge in [0.15, 0.2) is 0 Å². The third kappa shape index (κ3) is 19.9. The Labute approximate surface area is 226 Å². The van der Waals surface area contributed by atoms with Gasteiger partial charge in [0.25, 0.3) is 0 Å². The van der Waals surface area contributed by atoms with Gasteiger partial charge < -0.3 is 10.6 Å². The van der Waals surface area contributed by atoms with Crippen molar-refractivity contribution in [3.05, 3.63) is 61.0 Å². The van der Waals surface area contributed by atoms with Gasteiger partial charge >= 0.3 is 0 Å². The van der Waals surface area contributed by atoms with Crippen LogP contribution in [0.3, 0.4) is 0 Å². The quantitative estimate of drug-likeness (QED) is 0.0505. The zero-order valence-corrected chi connectivity index (χ0v) is 25.5. The molecular formula is C30H53F2IN2. The first kappa shape index (κ1) is 36.2. The monoisotopic (exact) mass is 606 g/mol. The minimum atomic E-state index is -1.21. The Balaban J connectivity index is 0. The molecule has 2 nitrogen and oxygen atoms in total. The van der Waals surface area contributed by atoms with Crippen molar-refractivity contribution in [1.29, 1.82) is 0 Å². The van der Waals surface area contributed by atoms with Crippen LogP contribution in [0, 0.1) is 5.92 Å². The second-order valence-corrected chi connectivity index (χ2v) is 12.7. The van der Waals surface area contributed by atoms with Crippen molar-refractivity contribution in [3.63, 3.8) is 0 Å². The van der Waals surface area contributed by atoms with Gasteiger partial charge in [-0.25, -0.2) is 8.78 Å². The van der Waals surface area contributed by atoms with Crippen LogP contribution in [-0.2, 0) is 0 Å². The zero-order chi connectivity index (χ0) is 26.9. The van der Waals surface area contributed by atoms with Crippen molar-refractivity contribution >= 4 is 24.2 Å². The summed E-state index contributed by atoms with van der Waals surface area (Å²) in [6.45, 7) is 22.3. The van der Waals surface area contributed by atoms with Crippen LogP contribution >= 0.6 is 20.7 Å². The van der Waals surface area contributed by atoms with Crippen LogP contribution in [0.2, 0.25) is 0 Å². The molecule has 0 amide bonds. The Hall–Kier alpha value is -0.920. The normalized spacial score (nSPS) is 15.6. The number of allylic oxidation sites excluding steroid dienone is 6. The number of hydrogen-bond donors (Lipinski definition) is 2. The molecule has 0 fully saturated rings. The molecule has 0 aliphatic carbocycles. The highest BCUT2D eigenvalue weighted by atomic mass is 127. The highest BCUT2D eigenvalue weighted by Crippen LogP contribution is 2.28. The number of rotatable bonds is 19. The Kier molecular flexibility index (Phi) is 27.1. The highest BCUT2D eigenvalue weighted by Gasteiger charge is 2.15. The molecule has 0 heterocycles. The Morgan fingerprint density at radius 3 is 2.31 bits per heavy atom. The topological polar surface area (TPSA) is 24.1 Å². The molecule has 2 unspecified atom stereocenters. The standard InChI is InChI=1S/C24H45IN2.C6H8F2/c1-8-13-14-24(21(10-3)15-17-27-16-9-2)22(11-4)18-20(6)25-23(12-5)19-26-7;1-2-3-6(8)4-5-7/h11,13-14,22-23,26-27H,4,8-10,12,15-19H2,1-3,5-7H3;2,4-6H,1,3H2/b14-13-,24-21-;5-4+/t22?,23-;/m1./s1. The molecule has 204 valence electrons. The summed E-state index contributed by atoms with van der Waals surface area (Å²) in [4.78, 5) is 0. The molecule has 3 atom stereocenters. The molecule has 0 aromatic heterocycles. The minimum Gasteiger partial charge on any atom is -0.319 e. The van der Waals surface area contributed by atoms with E-state index in [9.17, 15) is 8.78 Å². The third-order valence-electron chi connectivity index (χ3n) is 5.47. The number of alkyl halides is 2. The average molecular weight is 607 g/mol. The van der Waals surface area contributed by atoms with Crippen LogP contribution in [-0.4, -0.2) is 40.3 Å². The maximum Gasteiger partial charge on any atom is 0.124 e. The van der Waals surface area contributed by atoms with E-state index in [2.05, 4.69) is 83.7 Å². The fourth-order valence-electron chi connectivity index (χ4n) is 3.54. The van der Waals surface area contributed by atoms with Gasteiger partial charge in [-0.05, 0) is 87.2 Å². The molecule has 0 saturated carbocycles. The summed E-state index contributed by atoms with van der Waals surface area (Å²) in [5.74, 6) is 0.459. The molecule has 0 rings (SSSR count). The van der Waals surface area contributed by atoms with Gasteiger partial charge in [0.1, 0.15) is 6.17 Å². The highest BCUT2D eigenvalue weighted by molar-refractivity contribution is 14.2. The first-order valence-corrected chi connectivity index (χ1v) is 15.5. The Morgan fingerprint density at radius 1 is 1.11 bits per heavy atom. The van der Waals surface area contributed by atoms with Crippen molar-refractivity contribution < 1.29 is 8.78 Å². The van der Waals surface area contributed by atoms with E-state index in [0.29, 0.717) is 5.92 Å². The molecule has 35 heavy (non-hydrogen) atoms. The summed E-state index contributed by atoms with van der Waals surface area (Å²) in [5.41, 5.74) is 3.12. The predicted octanol–water partition coefficient (Wildman–Crippen LogP) is 8.79. The zero-order valence-electron chi connectivity index (χ0n) is 23.3. The molecule has 0 radical (unpaired) electrons. The van der Waals surface area contributed by atoms with Crippen LogP contribution in [0.15, 0.2) is 61.0 Å². The second kappa shape index (κ2) is 26.2. The molecule has 0 aliphatic rings. The van der Waals surface area contributed by atoms with E-state index in [1.807, 2.05) is 0 Å². The molecule has 2 N–H and O–H groups in total. The summed E-state index contributed by atoms with van der Waals surface area (Å²) >= 11 is 0.117. The van der Waals surface area contributed by atoms with E-state index in [1.54, 1.807) is 9.08 Å². The van der Waals surface area contributed by atoms with E-state index in [0.717, 1.165) is 48.9 Å². The molecule has 5 heteroatoms. The van der Waals surface area contributed by atoms with Gasteiger partial charge in [0.2, 0.25) is 0 Å². The lowest BCUT2D eigenvalue weighted by Crippen LogP contribution is -2.19. The molecule has 0 bridgehead atoms. The fraction of sp³-hybridized carbons (Fsp3) is 0.633. The number of halogens is 3. The van der Waals surface area contributed by atoms with Gasteiger partial charge in [-0.1, -0.05) is 57.6 Å². The Morgan fingerprint density at radius 2 is 1.83 bits per heavy atom.